The first kappa shape index (κ1) is 66.9. The van der Waals surface area contributed by atoms with Crippen molar-refractivity contribution in [1.29, 1.82) is 0 Å². The Morgan fingerprint density at radius 2 is 1.54 bits per heavy atom. The topological polar surface area (TPSA) is 327 Å². The average Bonchev–Trinajstić information content (AvgIpc) is 2.74. The SMILES string of the molecule is CO[C@H]([C@@H](C)[C@H]1O[C@]1(C)C[C@H](C)/C=C/C=C(\C)[C@H]1O[C@@H](CC(=O)O)C[C@@H](OC(=O)N2CCN(C(=O)OCc3ccc(NC(=O)[C@@H](CCCNC(N)=O)NC(=O)[C@@H](NC(=O)CCCCCN4C(=O)C=CC4=O)C(C)C)cc3)CC2)[C@@H]1C)[C@@H](C)O. The predicted molar refractivity (Wildman–Crippen MR) is 305 cm³/mol. The first-order valence-corrected chi connectivity index (χ1v) is 28.8. The van der Waals surface area contributed by atoms with Gasteiger partial charge in [0.15, 0.2) is 0 Å². The van der Waals surface area contributed by atoms with E-state index in [1.54, 1.807) is 52.1 Å². The molecule has 9 amide bonds. The van der Waals surface area contributed by atoms with Gasteiger partial charge in [-0.15, -0.1) is 0 Å². The van der Waals surface area contributed by atoms with Crippen LogP contribution in [0.15, 0.2) is 60.2 Å². The molecule has 0 aliphatic carbocycles. The number of hydrogen-bond acceptors (Lipinski definition) is 15. The number of epoxide rings is 1. The number of benzene rings is 1. The van der Waals surface area contributed by atoms with Crippen molar-refractivity contribution in [2.45, 2.75) is 174 Å². The lowest BCUT2D eigenvalue weighted by atomic mass is 9.85. The second-order valence-corrected chi connectivity index (χ2v) is 22.9. The summed E-state index contributed by atoms with van der Waals surface area (Å²) in [7, 11) is 1.59. The number of piperazine rings is 1. The number of allylic oxidation sites excluding steroid dienone is 3. The molecule has 4 aliphatic rings. The van der Waals surface area contributed by atoms with E-state index in [9.17, 15) is 53.4 Å². The van der Waals surface area contributed by atoms with Crippen LogP contribution in [0.2, 0.25) is 0 Å². The third kappa shape index (κ3) is 20.5. The number of carbonyl (C=O) groups excluding carboxylic acids is 8. The molecule has 0 radical (unpaired) electrons. The number of unbranched alkanes of at least 4 members (excludes halogenated alkanes) is 2. The predicted octanol–water partition coefficient (Wildman–Crippen LogP) is 4.93. The molecular formula is C59H88N8O16. The van der Waals surface area contributed by atoms with Gasteiger partial charge >= 0.3 is 24.2 Å². The largest absolute Gasteiger partial charge is 0.481 e. The zero-order chi connectivity index (χ0) is 61.1. The van der Waals surface area contributed by atoms with Crippen LogP contribution >= 0.6 is 0 Å². The molecule has 1 aromatic rings. The number of primary amides is 1. The molecule has 460 valence electrons. The molecule has 24 heteroatoms. The monoisotopic (exact) mass is 1160 g/mol. The Bertz CT molecular complexity index is 2500. The van der Waals surface area contributed by atoms with E-state index < -0.39 is 72.5 Å². The van der Waals surface area contributed by atoms with Crippen LogP contribution in [0.5, 0.6) is 0 Å². The molecule has 1 aromatic carbocycles. The highest BCUT2D eigenvalue weighted by atomic mass is 16.6. The lowest BCUT2D eigenvalue weighted by molar-refractivity contribution is -0.151. The van der Waals surface area contributed by atoms with Crippen molar-refractivity contribution < 1.29 is 77.0 Å². The third-order valence-electron chi connectivity index (χ3n) is 15.6. The van der Waals surface area contributed by atoms with Crippen molar-refractivity contribution in [3.05, 3.63) is 65.8 Å². The molecular weight excluding hydrogens is 1080 g/mol. The molecule has 0 bridgehead atoms. The first-order valence-electron chi connectivity index (χ1n) is 28.8. The highest BCUT2D eigenvalue weighted by Crippen LogP contribution is 2.47. The van der Waals surface area contributed by atoms with Crippen molar-refractivity contribution in [3.63, 3.8) is 0 Å². The molecule has 0 aromatic heterocycles. The number of ether oxygens (including phenoxy) is 5. The number of nitrogens with two attached hydrogens (primary N) is 1. The standard InChI is InChI=1S/C59H88N8O16/c1-35(2)50(64-46(69)18-11-10-12-26-67-47(70)23-24-48(67)71)55(75)63-44(17-14-25-61-56(60)76)54(74)62-42-21-19-41(20-22-42)34-80-57(77)65-27-29-66(30-28-65)58(78)82-45-31-43(32-49(72)73)81-51(38(45)5)37(4)16-13-15-36(3)33-59(8)53(83-59)39(6)52(79-9)40(7)68/h13,15-16,19-24,35-36,38-40,43-45,50-53,68H,10-12,14,17-18,25-34H2,1-9H3,(H,62,74)(H,63,75)(H,64,69)(H,72,73)(H3,60,61,76)/b15-13+,37-16+/t36-,38+,39-,40-,43-,44-,45-,50+,51-,52-,53-,59-/m1/s1. The van der Waals surface area contributed by atoms with Crippen LogP contribution in [0.1, 0.15) is 119 Å². The number of methoxy groups -OCH3 is 1. The summed E-state index contributed by atoms with van der Waals surface area (Å²) in [4.78, 5) is 118. The lowest BCUT2D eigenvalue weighted by Crippen LogP contribution is -2.54. The summed E-state index contributed by atoms with van der Waals surface area (Å²) in [5.74, 6) is -3.78. The minimum atomic E-state index is -1.08. The van der Waals surface area contributed by atoms with Gasteiger partial charge in [0.25, 0.3) is 11.8 Å². The first-order chi connectivity index (χ1) is 39.3. The molecule has 4 heterocycles. The van der Waals surface area contributed by atoms with Gasteiger partial charge in [0.2, 0.25) is 17.7 Å². The maximum atomic E-state index is 13.7. The third-order valence-corrected chi connectivity index (χ3v) is 15.6. The number of urea groups is 1. The van der Waals surface area contributed by atoms with Crippen molar-refractivity contribution in [3.8, 4) is 0 Å². The van der Waals surface area contributed by atoms with Gasteiger partial charge in [-0.25, -0.2) is 14.4 Å². The van der Waals surface area contributed by atoms with Crippen LogP contribution in [0.3, 0.4) is 0 Å². The van der Waals surface area contributed by atoms with Crippen molar-refractivity contribution in [1.82, 2.24) is 30.7 Å². The van der Waals surface area contributed by atoms with Crippen molar-refractivity contribution in [2.75, 3.05) is 51.7 Å². The zero-order valence-electron chi connectivity index (χ0n) is 49.5. The summed E-state index contributed by atoms with van der Waals surface area (Å²) in [5.41, 5.74) is 6.70. The van der Waals surface area contributed by atoms with E-state index in [0.717, 1.165) is 16.9 Å². The van der Waals surface area contributed by atoms with Gasteiger partial charge in [-0.2, -0.15) is 0 Å². The number of nitrogens with one attached hydrogen (secondary N) is 4. The summed E-state index contributed by atoms with van der Waals surface area (Å²) in [6.07, 6.45) is 7.10. The molecule has 0 unspecified atom stereocenters. The van der Waals surface area contributed by atoms with Crippen LogP contribution in [-0.4, -0.2) is 179 Å². The molecule has 0 saturated carbocycles. The average molecular weight is 1170 g/mol. The van der Waals surface area contributed by atoms with Gasteiger partial charge in [0.1, 0.15) is 24.8 Å². The Labute approximate surface area is 486 Å². The number of aliphatic carboxylic acids is 1. The Hall–Kier alpha value is -6.89. The molecule has 0 spiro atoms. The van der Waals surface area contributed by atoms with Crippen LogP contribution in [0.25, 0.3) is 0 Å². The maximum Gasteiger partial charge on any atom is 0.410 e. The molecule has 8 N–H and O–H groups in total. The number of aliphatic hydroxyl groups excluding tert-OH is 1. The zero-order valence-corrected chi connectivity index (χ0v) is 49.5. The molecule has 24 nitrogen and oxygen atoms in total. The summed E-state index contributed by atoms with van der Waals surface area (Å²) >= 11 is 0. The molecule has 83 heavy (non-hydrogen) atoms. The summed E-state index contributed by atoms with van der Waals surface area (Å²) in [6, 6.07) is 3.74. The second kappa shape index (κ2) is 31.7. The molecule has 3 fully saturated rings. The van der Waals surface area contributed by atoms with Crippen LogP contribution in [0, 0.1) is 23.7 Å². The fourth-order valence-electron chi connectivity index (χ4n) is 11.0. The molecule has 12 atom stereocenters. The maximum absolute atomic E-state index is 13.7. The number of hydrogen-bond donors (Lipinski definition) is 7. The van der Waals surface area contributed by atoms with E-state index in [-0.39, 0.29) is 137 Å². The van der Waals surface area contributed by atoms with Gasteiger partial charge in [0.05, 0.1) is 42.5 Å². The number of anilines is 1. The Balaban J connectivity index is 1.07. The van der Waals surface area contributed by atoms with Gasteiger partial charge in [0, 0.05) is 88.9 Å². The summed E-state index contributed by atoms with van der Waals surface area (Å²) in [6.45, 7) is 16.2. The minimum absolute atomic E-state index is 0.00638. The second-order valence-electron chi connectivity index (χ2n) is 22.9. The quantitative estimate of drug-likeness (QED) is 0.0232. The molecule has 4 aliphatic heterocycles. The van der Waals surface area contributed by atoms with Crippen molar-refractivity contribution >= 4 is 59.4 Å². The molecule has 3 saturated heterocycles. The fourth-order valence-corrected chi connectivity index (χ4v) is 11.0. The Kier molecular flexibility index (Phi) is 25.5. The number of carboxylic acids is 1. The minimum Gasteiger partial charge on any atom is -0.481 e. The normalized spacial score (nSPS) is 23.9. The van der Waals surface area contributed by atoms with Crippen LogP contribution in [-0.2, 0) is 59.1 Å². The van der Waals surface area contributed by atoms with E-state index in [0.29, 0.717) is 30.5 Å². The Morgan fingerprint density at radius 3 is 2.14 bits per heavy atom. The van der Waals surface area contributed by atoms with E-state index >= 15 is 0 Å². The van der Waals surface area contributed by atoms with E-state index in [2.05, 4.69) is 41.2 Å². The highest BCUT2D eigenvalue weighted by Gasteiger charge is 2.57. The fraction of sp³-hybridized carbons (Fsp3) is 0.644. The number of amides is 9. The molecule has 5 rings (SSSR count). The number of nitrogens with zero attached hydrogens (tertiary/aromatic N) is 3. The van der Waals surface area contributed by atoms with E-state index in [4.69, 9.17) is 29.4 Å². The van der Waals surface area contributed by atoms with Crippen LogP contribution < -0.4 is 27.0 Å². The number of carboxylic acid groups (broad SMARTS) is 1. The highest BCUT2D eigenvalue weighted by molar-refractivity contribution is 6.12. The van der Waals surface area contributed by atoms with Gasteiger partial charge in [-0.1, -0.05) is 71.4 Å². The van der Waals surface area contributed by atoms with Crippen LogP contribution in [0.4, 0.5) is 20.1 Å². The van der Waals surface area contributed by atoms with E-state index in [1.807, 2.05) is 32.9 Å². The van der Waals surface area contributed by atoms with Gasteiger partial charge in [-0.05, 0) is 88.0 Å². The van der Waals surface area contributed by atoms with Gasteiger partial charge in [-0.3, -0.25) is 33.7 Å². The van der Waals surface area contributed by atoms with Gasteiger partial charge < -0.3 is 70.7 Å². The summed E-state index contributed by atoms with van der Waals surface area (Å²) in [5, 5.41) is 30.6. The lowest BCUT2D eigenvalue weighted by Gasteiger charge is -2.41. The van der Waals surface area contributed by atoms with E-state index in [1.165, 1.54) is 22.0 Å². The number of carbonyl (C=O) groups is 9. The van der Waals surface area contributed by atoms with Crippen molar-refractivity contribution in [2.24, 2.45) is 29.4 Å². The number of aliphatic hydroxyl groups is 1. The number of rotatable bonds is 30. The summed E-state index contributed by atoms with van der Waals surface area (Å²) < 4.78 is 29.6. The Morgan fingerprint density at radius 1 is 0.892 bits per heavy atom. The number of imide groups is 1. The smallest absolute Gasteiger partial charge is 0.410 e.